The molecule has 2 saturated carbocycles. The van der Waals surface area contributed by atoms with E-state index in [1.165, 1.54) is 0 Å². The molecular weight excluding hydrogens is 332 g/mol. The van der Waals surface area contributed by atoms with Gasteiger partial charge in [0.15, 0.2) is 0 Å². The van der Waals surface area contributed by atoms with Crippen molar-refractivity contribution in [3.05, 3.63) is 30.2 Å². The van der Waals surface area contributed by atoms with Crippen molar-refractivity contribution in [3.63, 3.8) is 0 Å². The molecule has 6 nitrogen and oxygen atoms in total. The van der Waals surface area contributed by atoms with Crippen LogP contribution in [0.2, 0.25) is 0 Å². The van der Waals surface area contributed by atoms with E-state index >= 15 is 0 Å². The van der Waals surface area contributed by atoms with Crippen molar-refractivity contribution in [2.45, 2.75) is 37.0 Å². The minimum Gasteiger partial charge on any atom is -0.329 e. The third-order valence-electron chi connectivity index (χ3n) is 5.72. The molecule has 0 aromatic carbocycles. The molecule has 1 N–H and O–H groups in total. The Morgan fingerprint density at radius 1 is 1.40 bits per heavy atom. The van der Waals surface area contributed by atoms with Gasteiger partial charge in [-0.25, -0.2) is 4.68 Å². The summed E-state index contributed by atoms with van der Waals surface area (Å²) in [5, 5.41) is 18.7. The van der Waals surface area contributed by atoms with Gasteiger partial charge in [0, 0.05) is 11.6 Å². The van der Waals surface area contributed by atoms with Crippen LogP contribution in [0, 0.1) is 16.7 Å². The first kappa shape index (κ1) is 15.0. The van der Waals surface area contributed by atoms with Gasteiger partial charge in [-0.15, -0.1) is 11.8 Å². The van der Waals surface area contributed by atoms with Crippen molar-refractivity contribution in [3.8, 4) is 6.07 Å². The summed E-state index contributed by atoms with van der Waals surface area (Å²) in [5.74, 6) is 1.78. The first-order valence-electron chi connectivity index (χ1n) is 8.43. The Hall–Kier alpha value is -2.33. The van der Waals surface area contributed by atoms with E-state index in [1.54, 1.807) is 11.8 Å². The summed E-state index contributed by atoms with van der Waals surface area (Å²) in [6, 6.07) is 4.61. The topological polar surface area (TPSA) is 78.9 Å². The van der Waals surface area contributed by atoms with Crippen molar-refractivity contribution in [1.29, 1.82) is 5.26 Å². The van der Waals surface area contributed by atoms with Crippen molar-refractivity contribution < 1.29 is 0 Å². The van der Waals surface area contributed by atoms with E-state index in [4.69, 9.17) is 0 Å². The number of thioether (sulfide) groups is 1. The summed E-state index contributed by atoms with van der Waals surface area (Å²) in [5.41, 5.74) is 1.70. The van der Waals surface area contributed by atoms with Gasteiger partial charge in [-0.2, -0.15) is 10.4 Å². The Bertz CT molecular complexity index is 993. The number of hydrogen-bond donors (Lipinski definition) is 1. The van der Waals surface area contributed by atoms with E-state index in [0.717, 1.165) is 47.5 Å². The first-order valence-corrected chi connectivity index (χ1v) is 9.72. The van der Waals surface area contributed by atoms with Crippen molar-refractivity contribution in [2.75, 3.05) is 6.26 Å². The van der Waals surface area contributed by atoms with Crippen LogP contribution in [0.25, 0.3) is 16.7 Å². The molecular formula is C18H18N6S. The molecule has 2 aromatic rings. The van der Waals surface area contributed by atoms with Gasteiger partial charge in [0.1, 0.15) is 22.4 Å². The van der Waals surface area contributed by atoms with Crippen molar-refractivity contribution in [1.82, 2.24) is 20.1 Å². The molecule has 1 spiro atoms. The smallest absolute Gasteiger partial charge is 0.132 e. The van der Waals surface area contributed by atoms with Crippen LogP contribution < -0.4 is 5.32 Å². The molecule has 3 aliphatic rings. The second-order valence-corrected chi connectivity index (χ2v) is 8.13. The molecule has 2 unspecified atom stereocenters. The van der Waals surface area contributed by atoms with Crippen LogP contribution in [0.3, 0.4) is 0 Å². The lowest BCUT2D eigenvalue weighted by Crippen LogP contribution is -2.28. The van der Waals surface area contributed by atoms with Crippen LogP contribution in [-0.2, 0) is 5.41 Å². The van der Waals surface area contributed by atoms with Gasteiger partial charge >= 0.3 is 0 Å². The SMILES string of the molecule is CSC1C=C(n2ncc3cnc(C4(C#N)CC45CC5)cc32)NC(C)=N1. The summed E-state index contributed by atoms with van der Waals surface area (Å²) in [6.45, 7) is 1.96. The summed E-state index contributed by atoms with van der Waals surface area (Å²) in [6.07, 6.45) is 11.0. The predicted molar refractivity (Wildman–Crippen MR) is 98.9 cm³/mol. The van der Waals surface area contributed by atoms with Crippen molar-refractivity contribution >= 4 is 34.3 Å². The number of pyridine rings is 1. The van der Waals surface area contributed by atoms with Gasteiger partial charge in [0.25, 0.3) is 0 Å². The summed E-state index contributed by atoms with van der Waals surface area (Å²) in [4.78, 5) is 9.15. The fourth-order valence-corrected chi connectivity index (χ4v) is 4.54. The molecule has 2 aliphatic carbocycles. The number of amidine groups is 1. The molecule has 25 heavy (non-hydrogen) atoms. The number of rotatable bonds is 3. The third kappa shape index (κ3) is 2.00. The van der Waals surface area contributed by atoms with E-state index in [2.05, 4.69) is 38.6 Å². The van der Waals surface area contributed by atoms with Gasteiger partial charge in [-0.3, -0.25) is 9.98 Å². The van der Waals surface area contributed by atoms with Crippen LogP contribution in [0.5, 0.6) is 0 Å². The zero-order valence-corrected chi connectivity index (χ0v) is 15.0. The molecule has 3 heterocycles. The average molecular weight is 350 g/mol. The molecule has 0 bridgehead atoms. The fraction of sp³-hybridized carbons (Fsp3) is 0.444. The zero-order valence-electron chi connectivity index (χ0n) is 14.2. The summed E-state index contributed by atoms with van der Waals surface area (Å²) < 4.78 is 1.90. The van der Waals surface area contributed by atoms with Gasteiger partial charge in [0.05, 0.1) is 23.5 Å². The Kier molecular flexibility index (Phi) is 2.91. The van der Waals surface area contributed by atoms with Crippen molar-refractivity contribution in [2.24, 2.45) is 10.4 Å². The highest BCUT2D eigenvalue weighted by Gasteiger charge is 2.76. The van der Waals surface area contributed by atoms with E-state index < -0.39 is 0 Å². The molecule has 5 rings (SSSR count). The first-order chi connectivity index (χ1) is 12.1. The Morgan fingerprint density at radius 2 is 2.24 bits per heavy atom. The quantitative estimate of drug-likeness (QED) is 0.921. The number of hydrogen-bond acceptors (Lipinski definition) is 6. The lowest BCUT2D eigenvalue weighted by atomic mass is 9.98. The minimum atomic E-state index is -0.385. The molecule has 1 aliphatic heterocycles. The van der Waals surface area contributed by atoms with Crippen LogP contribution >= 0.6 is 11.8 Å². The van der Waals surface area contributed by atoms with Crippen LogP contribution in [0.1, 0.15) is 31.9 Å². The maximum absolute atomic E-state index is 9.77. The van der Waals surface area contributed by atoms with E-state index in [1.807, 2.05) is 30.3 Å². The fourth-order valence-electron chi connectivity index (χ4n) is 4.01. The number of aromatic nitrogens is 3. The lowest BCUT2D eigenvalue weighted by molar-refractivity contribution is 0.715. The second kappa shape index (κ2) is 4.85. The Balaban J connectivity index is 1.60. The molecule has 2 aromatic heterocycles. The standard InChI is InChI=1S/C18H18N6S/c1-11-22-15(6-16(23-11)25-2)24-13-5-14(20-7-12(13)8-21-24)18(10-19)9-17(18)3-4-17/h5-8,16H,3-4,9H2,1-2H3,(H,22,23). The minimum absolute atomic E-state index is 0.0837. The van der Waals surface area contributed by atoms with Gasteiger partial charge in [0.2, 0.25) is 0 Å². The van der Waals surface area contributed by atoms with Gasteiger partial charge in [-0.1, -0.05) is 0 Å². The maximum Gasteiger partial charge on any atom is 0.132 e. The monoisotopic (exact) mass is 350 g/mol. The molecule has 0 saturated heterocycles. The predicted octanol–water partition coefficient (Wildman–Crippen LogP) is 2.89. The lowest BCUT2D eigenvalue weighted by Gasteiger charge is -2.20. The summed E-state index contributed by atoms with van der Waals surface area (Å²) >= 11 is 1.68. The number of nitriles is 1. The molecule has 0 radical (unpaired) electrons. The Morgan fingerprint density at radius 3 is 2.92 bits per heavy atom. The third-order valence-corrected chi connectivity index (χ3v) is 6.44. The van der Waals surface area contributed by atoms with Gasteiger partial charge < -0.3 is 5.32 Å². The highest BCUT2D eigenvalue weighted by Crippen LogP contribution is 2.78. The molecule has 2 atom stereocenters. The normalized spacial score (nSPS) is 28.9. The zero-order chi connectivity index (χ0) is 17.2. The van der Waals surface area contributed by atoms with E-state index in [9.17, 15) is 5.26 Å². The number of nitrogens with one attached hydrogen (secondary N) is 1. The number of aliphatic imine (C=N–C) groups is 1. The number of nitrogens with zero attached hydrogens (tertiary/aromatic N) is 5. The largest absolute Gasteiger partial charge is 0.329 e. The molecule has 7 heteroatoms. The number of fused-ring (bicyclic) bond motifs is 1. The molecule has 0 amide bonds. The van der Waals surface area contributed by atoms with Crippen LogP contribution in [0.4, 0.5) is 0 Å². The van der Waals surface area contributed by atoms with Crippen LogP contribution in [0.15, 0.2) is 29.5 Å². The average Bonchev–Trinajstić information content (AvgIpc) is 3.50. The second-order valence-electron chi connectivity index (χ2n) is 7.18. The van der Waals surface area contributed by atoms with Gasteiger partial charge in [-0.05, 0) is 50.0 Å². The molecule has 2 fully saturated rings. The summed E-state index contributed by atoms with van der Waals surface area (Å²) in [7, 11) is 0. The maximum atomic E-state index is 9.77. The van der Waals surface area contributed by atoms with E-state index in [-0.39, 0.29) is 16.2 Å². The Labute approximate surface area is 150 Å². The van der Waals surface area contributed by atoms with Crippen LogP contribution in [-0.4, -0.2) is 32.2 Å². The molecule has 126 valence electrons. The van der Waals surface area contributed by atoms with E-state index in [0.29, 0.717) is 0 Å². The highest BCUT2D eigenvalue weighted by atomic mass is 32.2. The highest BCUT2D eigenvalue weighted by molar-refractivity contribution is 7.99.